The molecular formula is C20H27Cl2N3O. The van der Waals surface area contributed by atoms with E-state index in [-0.39, 0.29) is 17.5 Å². The molecule has 6 heteroatoms. The van der Waals surface area contributed by atoms with Crippen LogP contribution in [0.5, 0.6) is 0 Å². The molecule has 1 aromatic rings. The first kappa shape index (κ1) is 18.4. The number of urea groups is 1. The summed E-state index contributed by atoms with van der Waals surface area (Å²) in [6.45, 7) is 2.00. The molecule has 0 aromatic heterocycles. The van der Waals surface area contributed by atoms with Gasteiger partial charge in [0.2, 0.25) is 0 Å². The van der Waals surface area contributed by atoms with Gasteiger partial charge in [-0.3, -0.25) is 0 Å². The second kappa shape index (κ2) is 7.21. The van der Waals surface area contributed by atoms with Crippen LogP contribution in [0.3, 0.4) is 0 Å². The van der Waals surface area contributed by atoms with E-state index in [0.29, 0.717) is 22.0 Å². The molecule has 2 aliphatic carbocycles. The number of rotatable bonds is 3. The Labute approximate surface area is 165 Å². The highest BCUT2D eigenvalue weighted by molar-refractivity contribution is 6.34. The molecule has 4 rings (SSSR count). The molecule has 3 fully saturated rings. The van der Waals surface area contributed by atoms with Gasteiger partial charge >= 0.3 is 6.03 Å². The normalized spacial score (nSPS) is 31.2. The van der Waals surface area contributed by atoms with Crippen molar-refractivity contribution in [3.8, 4) is 0 Å². The van der Waals surface area contributed by atoms with E-state index in [9.17, 15) is 4.79 Å². The molecule has 1 aromatic carbocycles. The Bertz CT molecular complexity index is 671. The predicted octanol–water partition coefficient (Wildman–Crippen LogP) is 4.20. The smallest absolute Gasteiger partial charge is 0.317 e. The van der Waals surface area contributed by atoms with Crippen molar-refractivity contribution in [3.05, 3.63) is 33.8 Å². The fourth-order valence-corrected chi connectivity index (χ4v) is 5.52. The van der Waals surface area contributed by atoms with Crippen molar-refractivity contribution in [1.82, 2.24) is 15.5 Å². The molecule has 3 aliphatic rings. The lowest BCUT2D eigenvalue weighted by atomic mass is 9.81. The highest BCUT2D eigenvalue weighted by Gasteiger charge is 2.57. The molecule has 1 heterocycles. The number of hydrogen-bond donors (Lipinski definition) is 2. The number of carbonyl (C=O) groups is 1. The van der Waals surface area contributed by atoms with Crippen molar-refractivity contribution in [1.29, 1.82) is 0 Å². The van der Waals surface area contributed by atoms with Gasteiger partial charge in [0.25, 0.3) is 0 Å². The largest absolute Gasteiger partial charge is 0.335 e. The van der Waals surface area contributed by atoms with Crippen LogP contribution in [0.15, 0.2) is 18.2 Å². The molecular weight excluding hydrogens is 369 g/mol. The average molecular weight is 396 g/mol. The molecule has 1 aliphatic heterocycles. The van der Waals surface area contributed by atoms with Crippen LogP contribution in [-0.2, 0) is 5.41 Å². The van der Waals surface area contributed by atoms with Crippen molar-refractivity contribution >= 4 is 29.2 Å². The minimum Gasteiger partial charge on any atom is -0.335 e. The van der Waals surface area contributed by atoms with Crippen molar-refractivity contribution in [3.63, 3.8) is 0 Å². The summed E-state index contributed by atoms with van der Waals surface area (Å²) in [4.78, 5) is 14.5. The SMILES string of the molecule is CN(C(=O)NC1CCC2(c3cc(Cl)cc(Cl)c3)CC2C1)C1CCNCC1. The Hall–Kier alpha value is -0.970. The van der Waals surface area contributed by atoms with E-state index >= 15 is 0 Å². The van der Waals surface area contributed by atoms with E-state index in [2.05, 4.69) is 22.8 Å². The molecule has 142 valence electrons. The topological polar surface area (TPSA) is 44.4 Å². The molecule has 2 saturated carbocycles. The summed E-state index contributed by atoms with van der Waals surface area (Å²) < 4.78 is 0. The van der Waals surface area contributed by atoms with E-state index in [0.717, 1.165) is 45.2 Å². The zero-order valence-corrected chi connectivity index (χ0v) is 16.7. The van der Waals surface area contributed by atoms with Gasteiger partial charge in [0.1, 0.15) is 0 Å². The Morgan fingerprint density at radius 2 is 1.88 bits per heavy atom. The number of benzene rings is 1. The van der Waals surface area contributed by atoms with Crippen molar-refractivity contribution in [2.45, 2.75) is 56.0 Å². The molecule has 2 amide bonds. The summed E-state index contributed by atoms with van der Waals surface area (Å²) in [6.07, 6.45) is 6.42. The van der Waals surface area contributed by atoms with Crippen LogP contribution in [0.4, 0.5) is 4.79 Å². The van der Waals surface area contributed by atoms with Gasteiger partial charge < -0.3 is 15.5 Å². The fourth-order valence-electron chi connectivity index (χ4n) is 5.00. The molecule has 2 N–H and O–H groups in total. The average Bonchev–Trinajstić information content (AvgIpc) is 3.36. The molecule has 0 radical (unpaired) electrons. The quantitative estimate of drug-likeness (QED) is 0.805. The number of fused-ring (bicyclic) bond motifs is 1. The van der Waals surface area contributed by atoms with E-state index in [1.807, 2.05) is 11.9 Å². The molecule has 4 nitrogen and oxygen atoms in total. The number of amides is 2. The highest BCUT2D eigenvalue weighted by Crippen LogP contribution is 2.62. The number of hydrogen-bond acceptors (Lipinski definition) is 2. The highest BCUT2D eigenvalue weighted by atomic mass is 35.5. The summed E-state index contributed by atoms with van der Waals surface area (Å²) >= 11 is 12.4. The first-order valence-corrected chi connectivity index (χ1v) is 10.4. The maximum atomic E-state index is 12.6. The third kappa shape index (κ3) is 3.56. The minimum atomic E-state index is 0.0841. The van der Waals surface area contributed by atoms with Crippen LogP contribution < -0.4 is 10.6 Å². The van der Waals surface area contributed by atoms with E-state index in [4.69, 9.17) is 23.2 Å². The van der Waals surface area contributed by atoms with Gasteiger partial charge in [-0.1, -0.05) is 23.2 Å². The summed E-state index contributed by atoms with van der Waals surface area (Å²) in [5.41, 5.74) is 1.51. The molecule has 0 bridgehead atoms. The lowest BCUT2D eigenvalue weighted by Gasteiger charge is -2.34. The zero-order chi connectivity index (χ0) is 18.3. The first-order valence-electron chi connectivity index (χ1n) is 9.68. The summed E-state index contributed by atoms with van der Waals surface area (Å²) in [7, 11) is 1.93. The maximum absolute atomic E-state index is 12.6. The maximum Gasteiger partial charge on any atom is 0.317 e. The Morgan fingerprint density at radius 3 is 2.54 bits per heavy atom. The molecule has 1 saturated heterocycles. The zero-order valence-electron chi connectivity index (χ0n) is 15.2. The van der Waals surface area contributed by atoms with Gasteiger partial charge in [0.15, 0.2) is 0 Å². The van der Waals surface area contributed by atoms with Crippen molar-refractivity contribution in [2.75, 3.05) is 20.1 Å². The van der Waals surface area contributed by atoms with E-state index < -0.39 is 0 Å². The number of nitrogens with zero attached hydrogens (tertiary/aromatic N) is 1. The third-order valence-corrected chi connectivity index (χ3v) is 7.12. The van der Waals surface area contributed by atoms with Gasteiger partial charge in [-0.2, -0.15) is 0 Å². The second-order valence-corrected chi connectivity index (χ2v) is 9.10. The summed E-state index contributed by atoms with van der Waals surface area (Å²) in [6, 6.07) is 6.65. The van der Waals surface area contributed by atoms with Gasteiger partial charge in [-0.25, -0.2) is 4.79 Å². The molecule has 0 spiro atoms. The van der Waals surface area contributed by atoms with Crippen LogP contribution in [-0.4, -0.2) is 43.2 Å². The molecule has 3 unspecified atom stereocenters. The van der Waals surface area contributed by atoms with Gasteiger partial charge in [-0.15, -0.1) is 0 Å². The Balaban J connectivity index is 1.34. The van der Waals surface area contributed by atoms with Crippen LogP contribution in [0.25, 0.3) is 0 Å². The third-order valence-electron chi connectivity index (χ3n) is 6.68. The van der Waals surface area contributed by atoms with Crippen LogP contribution in [0.2, 0.25) is 10.0 Å². The number of piperidine rings is 1. The standard InChI is InChI=1S/C20H27Cl2N3O/c1-25(18-3-6-23-7-4-18)19(26)24-17-2-5-20(12-14(20)10-17)13-8-15(21)11-16(22)9-13/h8-9,11,14,17-18,23H,2-7,10,12H2,1H3,(H,24,26). The molecule has 26 heavy (non-hydrogen) atoms. The van der Waals surface area contributed by atoms with Gasteiger partial charge in [0.05, 0.1) is 0 Å². The van der Waals surface area contributed by atoms with Gasteiger partial charge in [0, 0.05) is 29.2 Å². The second-order valence-electron chi connectivity index (χ2n) is 8.23. The van der Waals surface area contributed by atoms with Crippen LogP contribution in [0.1, 0.15) is 44.1 Å². The number of halogens is 2. The fraction of sp³-hybridized carbons (Fsp3) is 0.650. The monoisotopic (exact) mass is 395 g/mol. The summed E-state index contributed by atoms with van der Waals surface area (Å²) in [5.74, 6) is 0.625. The summed E-state index contributed by atoms with van der Waals surface area (Å²) in [5, 5.41) is 8.06. The van der Waals surface area contributed by atoms with E-state index in [1.165, 1.54) is 12.0 Å². The molecule has 3 atom stereocenters. The number of carbonyl (C=O) groups excluding carboxylic acids is 1. The van der Waals surface area contributed by atoms with Crippen LogP contribution >= 0.6 is 23.2 Å². The van der Waals surface area contributed by atoms with Crippen molar-refractivity contribution < 1.29 is 4.79 Å². The lowest BCUT2D eigenvalue weighted by molar-refractivity contribution is 0.169. The first-order chi connectivity index (χ1) is 12.5. The predicted molar refractivity (Wildman–Crippen MR) is 106 cm³/mol. The van der Waals surface area contributed by atoms with Crippen molar-refractivity contribution in [2.24, 2.45) is 5.92 Å². The Morgan fingerprint density at radius 1 is 1.19 bits per heavy atom. The van der Waals surface area contributed by atoms with Crippen LogP contribution in [0, 0.1) is 5.92 Å². The Kier molecular flexibility index (Phi) is 5.10. The minimum absolute atomic E-state index is 0.0841. The van der Waals surface area contributed by atoms with Gasteiger partial charge in [-0.05, 0) is 86.7 Å². The van der Waals surface area contributed by atoms with E-state index in [1.54, 1.807) is 6.07 Å². The lowest BCUT2D eigenvalue weighted by Crippen LogP contribution is -2.51. The number of nitrogens with one attached hydrogen (secondary N) is 2.